The number of rotatable bonds is 3. The van der Waals surface area contributed by atoms with Gasteiger partial charge in [0.2, 0.25) is 0 Å². The molecule has 26 heavy (non-hydrogen) atoms. The van der Waals surface area contributed by atoms with Crippen molar-refractivity contribution in [1.82, 2.24) is 10.4 Å². The van der Waals surface area contributed by atoms with E-state index in [1.54, 1.807) is 30.5 Å². The second kappa shape index (κ2) is 6.59. The van der Waals surface area contributed by atoms with E-state index < -0.39 is 0 Å². The summed E-state index contributed by atoms with van der Waals surface area (Å²) in [6.07, 6.45) is 3.05. The Balaban J connectivity index is 1.51. The summed E-state index contributed by atoms with van der Waals surface area (Å²) < 4.78 is 0. The molecule has 3 aromatic rings. The Hall–Kier alpha value is -3.21. The van der Waals surface area contributed by atoms with Crippen LogP contribution in [0.4, 0.5) is 0 Å². The molecule has 1 amide bonds. The first-order chi connectivity index (χ1) is 12.6. The van der Waals surface area contributed by atoms with Crippen molar-refractivity contribution in [3.63, 3.8) is 0 Å². The lowest BCUT2D eigenvalue weighted by Crippen LogP contribution is -2.25. The predicted molar refractivity (Wildman–Crippen MR) is 102 cm³/mol. The molecule has 0 radical (unpaired) electrons. The Morgan fingerprint density at radius 1 is 1.23 bits per heavy atom. The van der Waals surface area contributed by atoms with E-state index >= 15 is 0 Å². The lowest BCUT2D eigenvalue weighted by atomic mass is 9.86. The van der Waals surface area contributed by atoms with Crippen LogP contribution in [0.5, 0.6) is 0 Å². The van der Waals surface area contributed by atoms with Gasteiger partial charge in [0.15, 0.2) is 5.78 Å². The van der Waals surface area contributed by atoms with Crippen molar-refractivity contribution in [2.24, 2.45) is 11.0 Å². The molecule has 0 unspecified atom stereocenters. The molecule has 2 N–H and O–H groups in total. The number of H-pyrrole nitrogens is 1. The average Bonchev–Trinajstić information content (AvgIpc) is 3.03. The lowest BCUT2D eigenvalue weighted by molar-refractivity contribution is 0.0929. The molecule has 130 valence electrons. The summed E-state index contributed by atoms with van der Waals surface area (Å²) in [7, 11) is 0. The smallest absolute Gasteiger partial charge is 0.271 e. The fourth-order valence-electron chi connectivity index (χ4n) is 3.43. The molecule has 1 aromatic heterocycles. The highest BCUT2D eigenvalue weighted by atomic mass is 16.2. The zero-order valence-electron chi connectivity index (χ0n) is 14.5. The summed E-state index contributed by atoms with van der Waals surface area (Å²) >= 11 is 0. The van der Waals surface area contributed by atoms with Gasteiger partial charge in [-0.05, 0) is 49.6 Å². The number of aromatic amines is 1. The van der Waals surface area contributed by atoms with E-state index in [2.05, 4.69) is 21.6 Å². The van der Waals surface area contributed by atoms with Crippen LogP contribution in [0, 0.1) is 12.8 Å². The zero-order valence-corrected chi connectivity index (χ0v) is 14.5. The number of carbonyl (C=O) groups is 2. The van der Waals surface area contributed by atoms with Gasteiger partial charge in [-0.3, -0.25) is 9.59 Å². The number of ketones is 1. The molecule has 1 atom stereocenters. The number of hydrogen-bond donors (Lipinski definition) is 2. The molecular formula is C21H19N3O2. The first-order valence-corrected chi connectivity index (χ1v) is 8.67. The summed E-state index contributed by atoms with van der Waals surface area (Å²) in [4.78, 5) is 28.0. The maximum absolute atomic E-state index is 12.8. The van der Waals surface area contributed by atoms with Crippen LogP contribution in [-0.2, 0) is 6.42 Å². The second-order valence-electron chi connectivity index (χ2n) is 6.62. The van der Waals surface area contributed by atoms with E-state index in [1.165, 1.54) is 5.56 Å². The van der Waals surface area contributed by atoms with E-state index in [9.17, 15) is 9.59 Å². The standard InChI is InChI=1S/C21H19N3O2/c1-13-7-10-18-17(11-13)16-9-8-15(20(25)19(16)23-18)12-22-24-21(26)14-5-3-2-4-6-14/h2-7,10-12,15,23H,8-9H2,1H3,(H,24,26)/t15-/m0/s1. The Bertz CT molecular complexity index is 1020. The number of benzene rings is 2. The molecule has 0 saturated heterocycles. The molecule has 5 heteroatoms. The summed E-state index contributed by atoms with van der Waals surface area (Å²) in [6, 6.07) is 15.0. The van der Waals surface area contributed by atoms with Crippen LogP contribution in [0.25, 0.3) is 10.9 Å². The Labute approximate surface area is 151 Å². The van der Waals surface area contributed by atoms with Gasteiger partial charge in [-0.2, -0.15) is 5.10 Å². The van der Waals surface area contributed by atoms with Crippen molar-refractivity contribution in [3.8, 4) is 0 Å². The third-order valence-electron chi connectivity index (χ3n) is 4.81. The average molecular weight is 345 g/mol. The highest BCUT2D eigenvalue weighted by molar-refractivity contribution is 6.10. The normalized spacial score (nSPS) is 16.8. The number of nitrogens with zero attached hydrogens (tertiary/aromatic N) is 1. The van der Waals surface area contributed by atoms with Crippen molar-refractivity contribution in [2.75, 3.05) is 0 Å². The molecule has 0 bridgehead atoms. The quantitative estimate of drug-likeness (QED) is 0.562. The topological polar surface area (TPSA) is 74.3 Å². The minimum Gasteiger partial charge on any atom is -0.352 e. The Morgan fingerprint density at radius 3 is 2.85 bits per heavy atom. The van der Waals surface area contributed by atoms with Gasteiger partial charge in [-0.1, -0.05) is 29.8 Å². The largest absolute Gasteiger partial charge is 0.352 e. The zero-order chi connectivity index (χ0) is 18.1. The molecule has 1 aliphatic carbocycles. The molecule has 0 fully saturated rings. The molecular weight excluding hydrogens is 326 g/mol. The lowest BCUT2D eigenvalue weighted by Gasteiger charge is -2.17. The van der Waals surface area contributed by atoms with Crippen LogP contribution in [0.1, 0.15) is 38.4 Å². The van der Waals surface area contributed by atoms with Gasteiger partial charge in [-0.15, -0.1) is 0 Å². The van der Waals surface area contributed by atoms with Crippen molar-refractivity contribution in [3.05, 3.63) is 70.9 Å². The van der Waals surface area contributed by atoms with Gasteiger partial charge >= 0.3 is 0 Å². The summed E-state index contributed by atoms with van der Waals surface area (Å²) in [5.41, 5.74) is 6.96. The minimum atomic E-state index is -0.326. The minimum absolute atomic E-state index is 0.0258. The van der Waals surface area contributed by atoms with E-state index in [-0.39, 0.29) is 17.6 Å². The molecule has 0 spiro atoms. The van der Waals surface area contributed by atoms with Crippen molar-refractivity contribution in [2.45, 2.75) is 19.8 Å². The summed E-state index contributed by atoms with van der Waals surface area (Å²) in [5.74, 6) is -0.586. The number of aryl methyl sites for hydroxylation is 2. The van der Waals surface area contributed by atoms with Crippen molar-refractivity contribution < 1.29 is 9.59 Å². The van der Waals surface area contributed by atoms with Gasteiger partial charge in [-0.25, -0.2) is 5.43 Å². The molecule has 0 aliphatic heterocycles. The Morgan fingerprint density at radius 2 is 2.04 bits per heavy atom. The van der Waals surface area contributed by atoms with E-state index in [1.807, 2.05) is 25.1 Å². The predicted octanol–water partition coefficient (Wildman–Crippen LogP) is 3.64. The number of carbonyl (C=O) groups excluding carboxylic acids is 2. The molecule has 1 aliphatic rings. The summed E-state index contributed by atoms with van der Waals surface area (Å²) in [5, 5.41) is 5.13. The van der Waals surface area contributed by atoms with E-state index in [0.717, 1.165) is 22.9 Å². The van der Waals surface area contributed by atoms with Crippen LogP contribution < -0.4 is 5.43 Å². The van der Waals surface area contributed by atoms with Crippen molar-refractivity contribution in [1.29, 1.82) is 0 Å². The second-order valence-corrected chi connectivity index (χ2v) is 6.62. The third kappa shape index (κ3) is 2.92. The van der Waals surface area contributed by atoms with Crippen LogP contribution in [0.2, 0.25) is 0 Å². The highest BCUT2D eigenvalue weighted by Crippen LogP contribution is 2.31. The molecule has 2 aromatic carbocycles. The number of amides is 1. The van der Waals surface area contributed by atoms with Gasteiger partial charge in [0.1, 0.15) is 0 Å². The number of Topliss-reactive ketones (excluding diaryl/α,β-unsaturated/α-hetero) is 1. The van der Waals surface area contributed by atoms with Gasteiger partial charge < -0.3 is 4.98 Å². The van der Waals surface area contributed by atoms with Crippen molar-refractivity contribution >= 4 is 28.8 Å². The SMILES string of the molecule is Cc1ccc2[nH]c3c(c2c1)CC[C@@H](C=NNC(=O)c1ccccc1)C3=O. The Kier molecular flexibility index (Phi) is 4.13. The maximum atomic E-state index is 12.8. The first-order valence-electron chi connectivity index (χ1n) is 8.67. The number of aromatic nitrogens is 1. The fraction of sp³-hybridized carbons (Fsp3) is 0.190. The van der Waals surface area contributed by atoms with E-state index in [4.69, 9.17) is 0 Å². The van der Waals surface area contributed by atoms with Crippen LogP contribution in [-0.4, -0.2) is 22.9 Å². The third-order valence-corrected chi connectivity index (χ3v) is 4.81. The van der Waals surface area contributed by atoms with E-state index in [0.29, 0.717) is 17.7 Å². The monoisotopic (exact) mass is 345 g/mol. The van der Waals surface area contributed by atoms with Crippen LogP contribution in [0.3, 0.4) is 0 Å². The molecule has 1 heterocycles. The number of nitrogens with one attached hydrogen (secondary N) is 2. The van der Waals surface area contributed by atoms with Gasteiger partial charge in [0.25, 0.3) is 5.91 Å². The maximum Gasteiger partial charge on any atom is 0.271 e. The van der Waals surface area contributed by atoms with Crippen LogP contribution >= 0.6 is 0 Å². The molecule has 0 saturated carbocycles. The van der Waals surface area contributed by atoms with Gasteiger partial charge in [0.05, 0.1) is 11.6 Å². The van der Waals surface area contributed by atoms with Crippen LogP contribution in [0.15, 0.2) is 53.6 Å². The number of fused-ring (bicyclic) bond motifs is 3. The fourth-order valence-corrected chi connectivity index (χ4v) is 3.43. The molecule has 4 rings (SSSR count). The first kappa shape index (κ1) is 16.3. The highest BCUT2D eigenvalue weighted by Gasteiger charge is 2.29. The number of hydrazone groups is 1. The van der Waals surface area contributed by atoms with Gasteiger partial charge in [0, 0.05) is 22.7 Å². The number of hydrogen-bond acceptors (Lipinski definition) is 3. The molecule has 5 nitrogen and oxygen atoms in total. The summed E-state index contributed by atoms with van der Waals surface area (Å²) in [6.45, 7) is 2.05.